The molecule has 1 unspecified atom stereocenters. The molecule has 0 aliphatic carbocycles. The Kier molecular flexibility index (Phi) is 8.15. The first-order chi connectivity index (χ1) is 18.4. The average Bonchev–Trinajstić information content (AvgIpc) is 2.89. The molecular weight excluding hydrogens is 541 g/mol. The molecule has 210 valence electrons. The zero-order chi connectivity index (χ0) is 28.5. The van der Waals surface area contributed by atoms with Gasteiger partial charge < -0.3 is 30.7 Å². The number of ether oxygens (including phenoxy) is 1. The van der Waals surface area contributed by atoms with Gasteiger partial charge in [0.15, 0.2) is 0 Å². The van der Waals surface area contributed by atoms with Crippen LogP contribution in [0.3, 0.4) is 0 Å². The highest BCUT2D eigenvalue weighted by atomic mass is 35.5. The first-order valence-corrected chi connectivity index (χ1v) is 12.7. The summed E-state index contributed by atoms with van der Waals surface area (Å²) in [5, 5.41) is 12.3. The van der Waals surface area contributed by atoms with Crippen molar-refractivity contribution in [2.24, 2.45) is 5.92 Å². The van der Waals surface area contributed by atoms with Crippen LogP contribution in [0.4, 0.5) is 29.3 Å². The Morgan fingerprint density at radius 1 is 1.23 bits per heavy atom. The molecular formula is C26H28ClF3N4O5. The normalized spacial score (nSPS) is 16.9. The third kappa shape index (κ3) is 6.32. The summed E-state index contributed by atoms with van der Waals surface area (Å²) < 4.78 is 44.9. The highest BCUT2D eigenvalue weighted by Gasteiger charge is 2.36. The Bertz CT molecular complexity index is 1280. The zero-order valence-electron chi connectivity index (χ0n) is 21.1. The smallest absolute Gasteiger partial charge is 0.418 e. The van der Waals surface area contributed by atoms with Crippen molar-refractivity contribution in [2.75, 3.05) is 31.2 Å². The van der Waals surface area contributed by atoms with Crippen molar-refractivity contribution in [1.82, 2.24) is 9.80 Å². The number of carbonyl (C=O) groups is 3. The first kappa shape index (κ1) is 28.3. The van der Waals surface area contributed by atoms with E-state index in [1.54, 1.807) is 21.9 Å². The van der Waals surface area contributed by atoms with Crippen molar-refractivity contribution in [2.45, 2.75) is 44.4 Å². The molecule has 2 aromatic carbocycles. The van der Waals surface area contributed by atoms with E-state index in [2.05, 4.69) is 5.32 Å². The number of fused-ring (bicyclic) bond motifs is 1. The summed E-state index contributed by atoms with van der Waals surface area (Å²) in [5.41, 5.74) is 5.30. The second-order valence-corrected chi connectivity index (χ2v) is 10.1. The number of nitrogen functional groups attached to an aromatic ring is 1. The lowest BCUT2D eigenvalue weighted by Crippen LogP contribution is -2.51. The molecule has 4 rings (SSSR count). The number of likely N-dealkylation sites (tertiary alicyclic amines) is 1. The molecule has 4 N–H and O–H groups in total. The van der Waals surface area contributed by atoms with Gasteiger partial charge in [0.25, 0.3) is 0 Å². The summed E-state index contributed by atoms with van der Waals surface area (Å²) in [6, 6.07) is 6.41. The van der Waals surface area contributed by atoms with Gasteiger partial charge in [-0.3, -0.25) is 9.59 Å². The number of carbonyl (C=O) groups excluding carboxylic acids is 3. The van der Waals surface area contributed by atoms with Crippen molar-refractivity contribution in [3.63, 3.8) is 0 Å². The summed E-state index contributed by atoms with van der Waals surface area (Å²) in [7, 11) is 1.14. The van der Waals surface area contributed by atoms with Crippen molar-refractivity contribution in [3.8, 4) is 5.75 Å². The number of piperidine rings is 1. The first-order valence-electron chi connectivity index (χ1n) is 12.3. The highest BCUT2D eigenvalue weighted by molar-refractivity contribution is 6.33. The van der Waals surface area contributed by atoms with Gasteiger partial charge >= 0.3 is 18.2 Å². The van der Waals surface area contributed by atoms with Gasteiger partial charge in [0.1, 0.15) is 5.75 Å². The topological polar surface area (TPSA) is 125 Å². The number of amides is 3. The number of phenols is 1. The standard InChI is InChI=1S/C26H28ClF3N4O5/c1-39-24(37)15(8-14-9-19(26(28,29)30)23(31)20(27)10-14)12-22(36)33-6-4-17(5-7-33)34-13-16-11-18(35)2-3-21(16)32-25(34)38/h2-3,9-11,15,17,35H,4-8,12-13,31H2,1H3,(H,32,38). The van der Waals surface area contributed by atoms with Gasteiger partial charge in [-0.05, 0) is 60.7 Å². The Balaban J connectivity index is 1.40. The quantitative estimate of drug-likeness (QED) is 0.269. The van der Waals surface area contributed by atoms with E-state index in [4.69, 9.17) is 22.1 Å². The SMILES string of the molecule is COC(=O)C(CC(=O)N1CCC(N2Cc3cc(O)ccc3NC2=O)CC1)Cc1cc(Cl)c(N)c(C(F)(F)F)c1. The van der Waals surface area contributed by atoms with Gasteiger partial charge in [0.05, 0.1) is 29.3 Å². The molecule has 1 atom stereocenters. The minimum absolute atomic E-state index is 0.0984. The average molecular weight is 569 g/mol. The maximum Gasteiger partial charge on any atom is 0.418 e. The number of urea groups is 1. The van der Waals surface area contributed by atoms with Crippen LogP contribution >= 0.6 is 11.6 Å². The number of hydrogen-bond acceptors (Lipinski definition) is 6. The molecule has 3 amide bonds. The van der Waals surface area contributed by atoms with E-state index >= 15 is 0 Å². The predicted molar refractivity (Wildman–Crippen MR) is 137 cm³/mol. The summed E-state index contributed by atoms with van der Waals surface area (Å²) in [6.45, 7) is 0.989. The molecule has 9 nitrogen and oxygen atoms in total. The van der Waals surface area contributed by atoms with E-state index in [-0.39, 0.29) is 47.2 Å². The largest absolute Gasteiger partial charge is 0.508 e. The number of aromatic hydroxyl groups is 1. The van der Waals surface area contributed by atoms with E-state index in [0.717, 1.165) is 18.7 Å². The molecule has 2 aromatic rings. The van der Waals surface area contributed by atoms with Crippen molar-refractivity contribution >= 4 is 40.9 Å². The molecule has 13 heteroatoms. The van der Waals surface area contributed by atoms with Crippen LogP contribution in [-0.4, -0.2) is 59.1 Å². The molecule has 0 radical (unpaired) electrons. The number of phenolic OH excluding ortho intramolecular Hbond substituents is 1. The van der Waals surface area contributed by atoms with E-state index < -0.39 is 29.3 Å². The predicted octanol–water partition coefficient (Wildman–Crippen LogP) is 4.41. The van der Waals surface area contributed by atoms with Crippen molar-refractivity contribution in [3.05, 3.63) is 52.0 Å². The van der Waals surface area contributed by atoms with Gasteiger partial charge in [0, 0.05) is 37.8 Å². The fourth-order valence-corrected chi connectivity index (χ4v) is 5.30. The number of benzene rings is 2. The van der Waals surface area contributed by atoms with Gasteiger partial charge in [-0.1, -0.05) is 11.6 Å². The van der Waals surface area contributed by atoms with Crippen LogP contribution in [-0.2, 0) is 33.5 Å². The number of nitrogens with one attached hydrogen (secondary N) is 1. The Hall–Kier alpha value is -3.67. The molecule has 2 heterocycles. The third-order valence-electron chi connectivity index (χ3n) is 7.12. The fourth-order valence-electron chi connectivity index (χ4n) is 5.05. The number of hydrogen-bond donors (Lipinski definition) is 3. The number of nitrogens with two attached hydrogens (primary N) is 1. The summed E-state index contributed by atoms with van der Waals surface area (Å²) in [5.74, 6) is -2.01. The maximum atomic E-state index is 13.4. The Labute approximate surface area is 227 Å². The lowest BCUT2D eigenvalue weighted by Gasteiger charge is -2.40. The number of alkyl halides is 3. The van der Waals surface area contributed by atoms with Crippen LogP contribution in [0.15, 0.2) is 30.3 Å². The zero-order valence-corrected chi connectivity index (χ0v) is 21.8. The van der Waals surface area contributed by atoms with Crippen LogP contribution in [0, 0.1) is 5.92 Å². The van der Waals surface area contributed by atoms with E-state index in [1.807, 2.05) is 0 Å². The van der Waals surface area contributed by atoms with Gasteiger partial charge in [-0.25, -0.2) is 4.79 Å². The molecule has 1 saturated heterocycles. The molecule has 39 heavy (non-hydrogen) atoms. The monoisotopic (exact) mass is 568 g/mol. The van der Waals surface area contributed by atoms with Gasteiger partial charge in [0.2, 0.25) is 5.91 Å². The highest BCUT2D eigenvalue weighted by Crippen LogP contribution is 2.38. The summed E-state index contributed by atoms with van der Waals surface area (Å²) in [6.07, 6.45) is -4.20. The Morgan fingerprint density at radius 3 is 2.56 bits per heavy atom. The van der Waals surface area contributed by atoms with Crippen LogP contribution in [0.2, 0.25) is 5.02 Å². The molecule has 2 aliphatic heterocycles. The van der Waals surface area contributed by atoms with Crippen molar-refractivity contribution < 1.29 is 37.4 Å². The molecule has 2 aliphatic rings. The number of esters is 1. The van der Waals surface area contributed by atoms with Crippen LogP contribution in [0.25, 0.3) is 0 Å². The number of nitrogens with zero attached hydrogens (tertiary/aromatic N) is 2. The second kappa shape index (κ2) is 11.2. The van der Waals surface area contributed by atoms with E-state index in [1.165, 1.54) is 12.1 Å². The van der Waals surface area contributed by atoms with E-state index in [0.29, 0.717) is 38.2 Å². The molecule has 0 bridgehead atoms. The lowest BCUT2D eigenvalue weighted by atomic mass is 9.93. The van der Waals surface area contributed by atoms with E-state index in [9.17, 15) is 32.7 Å². The van der Waals surface area contributed by atoms with Crippen LogP contribution < -0.4 is 11.1 Å². The minimum atomic E-state index is -4.74. The number of rotatable bonds is 6. The van der Waals surface area contributed by atoms with Gasteiger partial charge in [-0.15, -0.1) is 0 Å². The lowest BCUT2D eigenvalue weighted by molar-refractivity contribution is -0.149. The number of halogens is 4. The van der Waals surface area contributed by atoms with Gasteiger partial charge in [-0.2, -0.15) is 13.2 Å². The Morgan fingerprint density at radius 2 is 1.92 bits per heavy atom. The molecule has 0 aromatic heterocycles. The molecule has 0 spiro atoms. The fraction of sp³-hybridized carbons (Fsp3) is 0.423. The number of methoxy groups -OCH3 is 1. The molecule has 1 fully saturated rings. The van der Waals surface area contributed by atoms with Crippen LogP contribution in [0.5, 0.6) is 5.75 Å². The maximum absolute atomic E-state index is 13.4. The number of anilines is 2. The third-order valence-corrected chi connectivity index (χ3v) is 7.44. The minimum Gasteiger partial charge on any atom is -0.508 e. The summed E-state index contributed by atoms with van der Waals surface area (Å²) >= 11 is 5.91. The van der Waals surface area contributed by atoms with Crippen LogP contribution in [0.1, 0.15) is 36.0 Å². The van der Waals surface area contributed by atoms with Crippen molar-refractivity contribution in [1.29, 1.82) is 0 Å². The molecule has 0 saturated carbocycles. The second-order valence-electron chi connectivity index (χ2n) is 9.68. The summed E-state index contributed by atoms with van der Waals surface area (Å²) in [4.78, 5) is 41.4.